The zero-order chi connectivity index (χ0) is 32.9. The molecule has 246 valence electrons. The zero-order valence-corrected chi connectivity index (χ0v) is 27.2. The van der Waals surface area contributed by atoms with Crippen molar-refractivity contribution in [3.8, 4) is 5.75 Å². The normalized spacial score (nSPS) is 15.7. The fourth-order valence-electron chi connectivity index (χ4n) is 5.95. The van der Waals surface area contributed by atoms with E-state index in [2.05, 4.69) is 16.0 Å². The molecule has 0 unspecified atom stereocenters. The van der Waals surface area contributed by atoms with Crippen LogP contribution >= 0.6 is 0 Å². The van der Waals surface area contributed by atoms with E-state index in [0.29, 0.717) is 44.6 Å². The first-order chi connectivity index (χ1) is 22.2. The summed E-state index contributed by atoms with van der Waals surface area (Å²) >= 11 is 0. The van der Waals surface area contributed by atoms with Crippen LogP contribution in [0.15, 0.2) is 78.9 Å². The van der Waals surface area contributed by atoms with Crippen molar-refractivity contribution in [2.24, 2.45) is 5.92 Å². The van der Waals surface area contributed by atoms with E-state index in [-0.39, 0.29) is 36.8 Å². The molecule has 4 N–H and O–H groups in total. The van der Waals surface area contributed by atoms with E-state index in [1.54, 1.807) is 4.90 Å². The number of urea groups is 1. The second kappa shape index (κ2) is 17.4. The van der Waals surface area contributed by atoms with Gasteiger partial charge in [-0.05, 0) is 68.2 Å². The van der Waals surface area contributed by atoms with Gasteiger partial charge < -0.3 is 30.7 Å². The number of hydrogen-bond donors (Lipinski definition) is 4. The third-order valence-corrected chi connectivity index (χ3v) is 8.54. The number of aliphatic hydroxyl groups excluding tert-OH is 1. The van der Waals surface area contributed by atoms with Gasteiger partial charge in [0.1, 0.15) is 5.75 Å². The number of amides is 4. The van der Waals surface area contributed by atoms with Gasteiger partial charge >= 0.3 is 6.03 Å². The molecule has 1 heterocycles. The fraction of sp³-hybridized carbons (Fsp3) is 0.432. The number of hydrogen-bond acceptors (Lipinski definition) is 5. The predicted molar refractivity (Wildman–Crippen MR) is 180 cm³/mol. The molecule has 0 saturated carbocycles. The average Bonchev–Trinajstić information content (AvgIpc) is 3.04. The summed E-state index contributed by atoms with van der Waals surface area (Å²) in [4.78, 5) is 40.9. The lowest BCUT2D eigenvalue weighted by Gasteiger charge is -2.32. The molecule has 9 heteroatoms. The van der Waals surface area contributed by atoms with Crippen molar-refractivity contribution >= 4 is 17.8 Å². The van der Waals surface area contributed by atoms with Crippen LogP contribution in [0.1, 0.15) is 48.4 Å². The Morgan fingerprint density at radius 1 is 0.913 bits per heavy atom. The van der Waals surface area contributed by atoms with Gasteiger partial charge in [0.15, 0.2) is 6.61 Å². The van der Waals surface area contributed by atoms with Crippen LogP contribution < -0.4 is 20.7 Å². The minimum absolute atomic E-state index is 0.144. The number of para-hydroxylation sites is 1. The summed E-state index contributed by atoms with van der Waals surface area (Å²) in [7, 11) is 0. The van der Waals surface area contributed by atoms with E-state index >= 15 is 0 Å². The number of rotatable bonds is 16. The van der Waals surface area contributed by atoms with E-state index in [0.717, 1.165) is 28.7 Å². The van der Waals surface area contributed by atoms with Gasteiger partial charge in [-0.25, -0.2) is 4.79 Å². The van der Waals surface area contributed by atoms with Gasteiger partial charge in [0, 0.05) is 25.7 Å². The first-order valence-electron chi connectivity index (χ1n) is 16.3. The van der Waals surface area contributed by atoms with Crippen molar-refractivity contribution in [1.29, 1.82) is 0 Å². The molecular formula is C37H48N4O5. The minimum atomic E-state index is -0.966. The van der Waals surface area contributed by atoms with E-state index in [4.69, 9.17) is 4.74 Å². The maximum atomic E-state index is 13.6. The lowest BCUT2D eigenvalue weighted by atomic mass is 9.93. The highest BCUT2D eigenvalue weighted by atomic mass is 16.5. The molecule has 1 aliphatic heterocycles. The number of nitrogens with zero attached hydrogens (tertiary/aromatic N) is 1. The second-order valence-electron chi connectivity index (χ2n) is 12.2. The molecule has 0 aromatic heterocycles. The SMILES string of the molecule is CC[C@@H](CN1CCCNC1=O)C(=O)N[C@@H](Cc1ccccc1)C[C@H](O)[C@H](Cc1ccccc1)NC(=O)COc1c(C)cccc1C. The number of ether oxygens (including phenoxy) is 1. The number of nitrogens with one attached hydrogen (secondary N) is 3. The molecule has 0 radical (unpaired) electrons. The Balaban J connectivity index is 1.48. The fourth-order valence-corrected chi connectivity index (χ4v) is 5.95. The van der Waals surface area contributed by atoms with Gasteiger partial charge in [0.25, 0.3) is 5.91 Å². The van der Waals surface area contributed by atoms with E-state index < -0.39 is 18.2 Å². The number of benzene rings is 3. The lowest BCUT2D eigenvalue weighted by Crippen LogP contribution is -2.52. The molecule has 1 fully saturated rings. The standard InChI is InChI=1S/C37H48N4O5/c1-4-30(24-41-20-12-19-38-37(41)45)36(44)39-31(21-28-15-7-5-8-16-28)23-33(42)32(22-29-17-9-6-10-18-29)40-34(43)25-46-35-26(2)13-11-14-27(35)3/h5-11,13-18,30-33,42H,4,12,19-25H2,1-3H3,(H,38,45)(H,39,44)(H,40,43)/t30-,31-,32-,33-/m0/s1. The molecule has 4 amide bonds. The first kappa shape index (κ1) is 34.5. The van der Waals surface area contributed by atoms with Crippen LogP contribution in [-0.4, -0.2) is 72.3 Å². The van der Waals surface area contributed by atoms with Crippen molar-refractivity contribution in [2.75, 3.05) is 26.2 Å². The van der Waals surface area contributed by atoms with Crippen molar-refractivity contribution < 1.29 is 24.2 Å². The third kappa shape index (κ3) is 10.3. The van der Waals surface area contributed by atoms with Gasteiger partial charge in [-0.2, -0.15) is 0 Å². The van der Waals surface area contributed by atoms with Crippen LogP contribution in [0.2, 0.25) is 0 Å². The molecule has 4 rings (SSSR count). The Morgan fingerprint density at radius 2 is 1.54 bits per heavy atom. The van der Waals surface area contributed by atoms with E-state index in [1.165, 1.54) is 0 Å². The quantitative estimate of drug-likeness (QED) is 0.188. The molecule has 3 aromatic carbocycles. The minimum Gasteiger partial charge on any atom is -0.483 e. The number of aliphatic hydroxyl groups is 1. The summed E-state index contributed by atoms with van der Waals surface area (Å²) in [6, 6.07) is 24.2. The van der Waals surface area contributed by atoms with Gasteiger partial charge in [0.2, 0.25) is 5.91 Å². The Bertz CT molecular complexity index is 1400. The van der Waals surface area contributed by atoms with Crippen LogP contribution in [0.5, 0.6) is 5.75 Å². The Hall–Kier alpha value is -4.37. The summed E-state index contributed by atoms with van der Waals surface area (Å²) < 4.78 is 5.90. The van der Waals surface area contributed by atoms with Crippen molar-refractivity contribution in [3.05, 3.63) is 101 Å². The highest BCUT2D eigenvalue weighted by Gasteiger charge is 2.30. The smallest absolute Gasteiger partial charge is 0.317 e. The van der Waals surface area contributed by atoms with E-state index in [1.807, 2.05) is 99.6 Å². The van der Waals surface area contributed by atoms with Gasteiger partial charge in [0.05, 0.1) is 18.1 Å². The maximum Gasteiger partial charge on any atom is 0.317 e. The molecule has 46 heavy (non-hydrogen) atoms. The lowest BCUT2D eigenvalue weighted by molar-refractivity contribution is -0.127. The monoisotopic (exact) mass is 628 g/mol. The summed E-state index contributed by atoms with van der Waals surface area (Å²) in [6.45, 7) is 7.24. The van der Waals surface area contributed by atoms with Crippen LogP contribution in [0.25, 0.3) is 0 Å². The van der Waals surface area contributed by atoms with E-state index in [9.17, 15) is 19.5 Å². The molecule has 9 nitrogen and oxygen atoms in total. The Labute approximate surface area is 272 Å². The molecule has 3 aromatic rings. The summed E-state index contributed by atoms with van der Waals surface area (Å²) in [6.07, 6.45) is 1.58. The van der Waals surface area contributed by atoms with Gasteiger partial charge in [-0.3, -0.25) is 9.59 Å². The molecule has 0 bridgehead atoms. The van der Waals surface area contributed by atoms with Crippen molar-refractivity contribution in [2.45, 2.75) is 71.1 Å². The van der Waals surface area contributed by atoms with Crippen LogP contribution in [0.4, 0.5) is 4.79 Å². The van der Waals surface area contributed by atoms with Crippen molar-refractivity contribution in [3.63, 3.8) is 0 Å². The largest absolute Gasteiger partial charge is 0.483 e. The molecule has 0 spiro atoms. The molecule has 4 atom stereocenters. The maximum absolute atomic E-state index is 13.6. The highest BCUT2D eigenvalue weighted by Crippen LogP contribution is 2.22. The molecular weight excluding hydrogens is 580 g/mol. The first-order valence-corrected chi connectivity index (χ1v) is 16.3. The Kier molecular flexibility index (Phi) is 13.0. The van der Waals surface area contributed by atoms with Crippen LogP contribution in [-0.2, 0) is 22.4 Å². The van der Waals surface area contributed by atoms with Gasteiger partial charge in [-0.1, -0.05) is 85.8 Å². The topological polar surface area (TPSA) is 120 Å². The van der Waals surface area contributed by atoms with Gasteiger partial charge in [-0.15, -0.1) is 0 Å². The third-order valence-electron chi connectivity index (χ3n) is 8.54. The van der Waals surface area contributed by atoms with Crippen LogP contribution in [0.3, 0.4) is 0 Å². The number of carbonyl (C=O) groups is 3. The second-order valence-corrected chi connectivity index (χ2v) is 12.2. The summed E-state index contributed by atoms with van der Waals surface area (Å²) in [5.74, 6) is -0.200. The molecule has 1 saturated heterocycles. The Morgan fingerprint density at radius 3 is 2.15 bits per heavy atom. The summed E-state index contributed by atoms with van der Waals surface area (Å²) in [5.41, 5.74) is 3.88. The number of aryl methyl sites for hydroxylation is 2. The zero-order valence-electron chi connectivity index (χ0n) is 27.2. The highest BCUT2D eigenvalue weighted by molar-refractivity contribution is 5.81. The molecule has 1 aliphatic rings. The average molecular weight is 629 g/mol. The van der Waals surface area contributed by atoms with Crippen molar-refractivity contribution in [1.82, 2.24) is 20.9 Å². The summed E-state index contributed by atoms with van der Waals surface area (Å²) in [5, 5.41) is 20.7. The predicted octanol–water partition coefficient (Wildman–Crippen LogP) is 4.33. The molecule has 0 aliphatic carbocycles. The number of carbonyl (C=O) groups excluding carboxylic acids is 3. The van der Waals surface area contributed by atoms with Crippen LogP contribution in [0, 0.1) is 19.8 Å².